The molecule has 0 radical (unpaired) electrons. The first-order valence-electron chi connectivity index (χ1n) is 12.0. The fourth-order valence-corrected chi connectivity index (χ4v) is 4.09. The topological polar surface area (TPSA) is 106 Å². The third-order valence-electron chi connectivity index (χ3n) is 5.72. The van der Waals surface area contributed by atoms with E-state index in [9.17, 15) is 0 Å². The quantitative estimate of drug-likeness (QED) is 0.305. The van der Waals surface area contributed by atoms with E-state index in [2.05, 4.69) is 67.0 Å². The standard InChI is InChI=1S/C26H28N8O2/c1-5-33-14-17(4)31-23(33)19-10-8-18(9-11-19)15-34-24-20(13-30-34)12-27-22(32-24)21-25(35-6-2)28-16-29-26(21)36-7-3/h8-14,16H,5-7,15H2,1-4H3. The zero-order valence-corrected chi connectivity index (χ0v) is 20.8. The van der Waals surface area contributed by atoms with Gasteiger partial charge in [-0.1, -0.05) is 24.3 Å². The summed E-state index contributed by atoms with van der Waals surface area (Å²) in [6.07, 6.45) is 7.00. The van der Waals surface area contributed by atoms with Crippen LogP contribution in [0.25, 0.3) is 33.8 Å². The molecule has 0 saturated heterocycles. The monoisotopic (exact) mass is 484 g/mol. The molecule has 36 heavy (non-hydrogen) atoms. The molecule has 4 heterocycles. The Labute approximate surface area is 209 Å². The van der Waals surface area contributed by atoms with Gasteiger partial charge >= 0.3 is 0 Å². The molecule has 0 amide bonds. The van der Waals surface area contributed by atoms with Gasteiger partial charge < -0.3 is 14.0 Å². The Balaban J connectivity index is 1.48. The summed E-state index contributed by atoms with van der Waals surface area (Å²) in [5.41, 5.74) is 4.43. The first-order valence-corrected chi connectivity index (χ1v) is 12.0. The third kappa shape index (κ3) is 4.49. The second kappa shape index (κ2) is 10.1. The Morgan fingerprint density at radius 3 is 2.25 bits per heavy atom. The average molecular weight is 485 g/mol. The fourth-order valence-electron chi connectivity index (χ4n) is 4.09. The van der Waals surface area contributed by atoms with Crippen molar-refractivity contribution in [3.63, 3.8) is 0 Å². The summed E-state index contributed by atoms with van der Waals surface area (Å²) in [5, 5.41) is 5.39. The van der Waals surface area contributed by atoms with Crippen LogP contribution in [0.2, 0.25) is 0 Å². The molecule has 0 aliphatic carbocycles. The Bertz CT molecular complexity index is 1470. The van der Waals surface area contributed by atoms with Crippen LogP contribution >= 0.6 is 0 Å². The molecule has 0 spiro atoms. The highest BCUT2D eigenvalue weighted by atomic mass is 16.5. The average Bonchev–Trinajstić information content (AvgIpc) is 3.47. The minimum atomic E-state index is 0.387. The van der Waals surface area contributed by atoms with Gasteiger partial charge in [0.05, 0.1) is 37.0 Å². The van der Waals surface area contributed by atoms with E-state index in [0.717, 1.165) is 34.6 Å². The molecule has 10 nitrogen and oxygen atoms in total. The molecule has 0 N–H and O–H groups in total. The van der Waals surface area contributed by atoms with Crippen LogP contribution in [0, 0.1) is 6.92 Å². The molecule has 0 saturated carbocycles. The highest BCUT2D eigenvalue weighted by Gasteiger charge is 2.20. The van der Waals surface area contributed by atoms with E-state index in [1.807, 2.05) is 25.5 Å². The van der Waals surface area contributed by atoms with E-state index in [0.29, 0.717) is 48.6 Å². The first kappa shape index (κ1) is 23.4. The molecule has 0 unspecified atom stereocenters. The van der Waals surface area contributed by atoms with Gasteiger partial charge in [-0.05, 0) is 33.3 Å². The maximum atomic E-state index is 5.72. The zero-order chi connectivity index (χ0) is 25.1. The van der Waals surface area contributed by atoms with E-state index >= 15 is 0 Å². The third-order valence-corrected chi connectivity index (χ3v) is 5.72. The molecular formula is C26H28N8O2. The lowest BCUT2D eigenvalue weighted by atomic mass is 10.1. The van der Waals surface area contributed by atoms with Crippen molar-refractivity contribution in [3.8, 4) is 34.5 Å². The van der Waals surface area contributed by atoms with Crippen LogP contribution < -0.4 is 9.47 Å². The Kier molecular flexibility index (Phi) is 6.57. The van der Waals surface area contributed by atoms with E-state index in [1.165, 1.54) is 6.33 Å². The van der Waals surface area contributed by atoms with Crippen molar-refractivity contribution in [1.82, 2.24) is 39.3 Å². The van der Waals surface area contributed by atoms with Gasteiger partial charge in [-0.25, -0.2) is 29.6 Å². The van der Waals surface area contributed by atoms with Crippen LogP contribution in [0.15, 0.2) is 49.2 Å². The molecule has 1 aromatic carbocycles. The normalized spacial score (nSPS) is 11.2. The molecule has 4 aromatic heterocycles. The van der Waals surface area contributed by atoms with E-state index < -0.39 is 0 Å². The first-order chi connectivity index (χ1) is 17.6. The molecule has 10 heteroatoms. The van der Waals surface area contributed by atoms with Crippen LogP contribution in [0.3, 0.4) is 0 Å². The van der Waals surface area contributed by atoms with Crippen molar-refractivity contribution in [3.05, 3.63) is 60.4 Å². The Morgan fingerprint density at radius 1 is 0.861 bits per heavy atom. The summed E-state index contributed by atoms with van der Waals surface area (Å²) in [6, 6.07) is 8.39. The second-order valence-electron chi connectivity index (χ2n) is 8.19. The number of benzene rings is 1. The van der Waals surface area contributed by atoms with Crippen molar-refractivity contribution >= 4 is 11.0 Å². The SMILES string of the molecule is CCOc1ncnc(OCC)c1-c1ncc2cnn(Cc3ccc(-c4nc(C)cn4CC)cc3)c2n1. The minimum Gasteiger partial charge on any atom is -0.477 e. The number of aromatic nitrogens is 8. The number of imidazole rings is 1. The van der Waals surface area contributed by atoms with Gasteiger partial charge in [0, 0.05) is 24.5 Å². The summed E-state index contributed by atoms with van der Waals surface area (Å²) in [7, 11) is 0. The van der Waals surface area contributed by atoms with Crippen LogP contribution in [0.1, 0.15) is 32.0 Å². The molecule has 0 fully saturated rings. The lowest BCUT2D eigenvalue weighted by Crippen LogP contribution is -2.06. The molecule has 184 valence electrons. The molecule has 5 aromatic rings. The van der Waals surface area contributed by atoms with Gasteiger partial charge in [-0.2, -0.15) is 5.10 Å². The summed E-state index contributed by atoms with van der Waals surface area (Å²) in [5.74, 6) is 2.17. The van der Waals surface area contributed by atoms with Crippen LogP contribution in [-0.2, 0) is 13.1 Å². The molecule has 0 aliphatic heterocycles. The van der Waals surface area contributed by atoms with Gasteiger partial charge in [0.25, 0.3) is 0 Å². The van der Waals surface area contributed by atoms with Gasteiger partial charge in [-0.15, -0.1) is 0 Å². The highest BCUT2D eigenvalue weighted by Crippen LogP contribution is 2.33. The van der Waals surface area contributed by atoms with Crippen molar-refractivity contribution < 1.29 is 9.47 Å². The molecule has 0 atom stereocenters. The van der Waals surface area contributed by atoms with Crippen molar-refractivity contribution in [2.45, 2.75) is 40.8 Å². The molecule has 0 bridgehead atoms. The van der Waals surface area contributed by atoms with Gasteiger partial charge in [-0.3, -0.25) is 0 Å². The number of nitrogens with zero attached hydrogens (tertiary/aromatic N) is 8. The lowest BCUT2D eigenvalue weighted by Gasteiger charge is -2.12. The number of hydrogen-bond acceptors (Lipinski definition) is 8. The Hall–Kier alpha value is -4.34. The largest absolute Gasteiger partial charge is 0.477 e. The predicted octanol–water partition coefficient (Wildman–Crippen LogP) is 4.32. The van der Waals surface area contributed by atoms with Crippen LogP contribution in [0.4, 0.5) is 0 Å². The molecule has 0 aliphatic rings. The maximum absolute atomic E-state index is 5.72. The predicted molar refractivity (Wildman–Crippen MR) is 136 cm³/mol. The molecule has 5 rings (SSSR count). The van der Waals surface area contributed by atoms with Gasteiger partial charge in [0.1, 0.15) is 17.7 Å². The van der Waals surface area contributed by atoms with Gasteiger partial charge in [0.2, 0.25) is 11.8 Å². The zero-order valence-electron chi connectivity index (χ0n) is 20.8. The van der Waals surface area contributed by atoms with E-state index in [4.69, 9.17) is 14.5 Å². The number of ether oxygens (including phenoxy) is 2. The van der Waals surface area contributed by atoms with Crippen molar-refractivity contribution in [1.29, 1.82) is 0 Å². The molecular weight excluding hydrogens is 456 g/mol. The summed E-state index contributed by atoms with van der Waals surface area (Å²) in [4.78, 5) is 22.6. The lowest BCUT2D eigenvalue weighted by molar-refractivity contribution is 0.307. The summed E-state index contributed by atoms with van der Waals surface area (Å²) in [6.45, 7) is 10.3. The Morgan fingerprint density at radius 2 is 1.58 bits per heavy atom. The van der Waals surface area contributed by atoms with Crippen molar-refractivity contribution in [2.24, 2.45) is 0 Å². The van der Waals surface area contributed by atoms with Crippen LogP contribution in [0.5, 0.6) is 11.8 Å². The second-order valence-corrected chi connectivity index (χ2v) is 8.19. The van der Waals surface area contributed by atoms with E-state index in [1.54, 1.807) is 12.4 Å². The fraction of sp³-hybridized carbons (Fsp3) is 0.308. The smallest absolute Gasteiger partial charge is 0.231 e. The number of hydrogen-bond donors (Lipinski definition) is 0. The minimum absolute atomic E-state index is 0.387. The number of aryl methyl sites for hydroxylation is 2. The van der Waals surface area contributed by atoms with Crippen molar-refractivity contribution in [2.75, 3.05) is 13.2 Å². The van der Waals surface area contributed by atoms with Crippen LogP contribution in [-0.4, -0.2) is 52.5 Å². The number of fused-ring (bicyclic) bond motifs is 1. The van der Waals surface area contributed by atoms with E-state index in [-0.39, 0.29) is 0 Å². The maximum Gasteiger partial charge on any atom is 0.231 e. The van der Waals surface area contributed by atoms with Gasteiger partial charge in [0.15, 0.2) is 11.5 Å². The summed E-state index contributed by atoms with van der Waals surface area (Å²) < 4.78 is 15.5. The summed E-state index contributed by atoms with van der Waals surface area (Å²) >= 11 is 0. The highest BCUT2D eigenvalue weighted by molar-refractivity contribution is 5.78. The number of rotatable bonds is 9.